The molecule has 21 nitrogen and oxygen atoms in total. The van der Waals surface area contributed by atoms with E-state index in [-0.39, 0.29) is 107 Å². The number of carbonyl (C=O) groups excluding carboxylic acids is 6. The molecule has 584 valence electrons. The summed E-state index contributed by atoms with van der Waals surface area (Å²) in [6.07, 6.45) is 7.24. The minimum absolute atomic E-state index is 0. The first-order valence-corrected chi connectivity index (χ1v) is 37.9. The first-order chi connectivity index (χ1) is 50.5. The zero-order valence-electron chi connectivity index (χ0n) is 61.0. The van der Waals surface area contributed by atoms with E-state index < -0.39 is 47.5 Å². The number of carboxylic acid groups (broad SMARTS) is 1. The number of fused-ring (bicyclic) bond motifs is 12. The fourth-order valence-electron chi connectivity index (χ4n) is 13.2. The third-order valence-electron chi connectivity index (χ3n) is 18.1. The molecule has 110 heavy (non-hydrogen) atoms. The molecule has 8 aromatic carbocycles. The topological polar surface area (TPSA) is 282 Å². The lowest BCUT2D eigenvalue weighted by molar-refractivity contribution is -0.142. The maximum Gasteiger partial charge on any atom is 0.411 e. The number of ether oxygens (including phenoxy) is 2. The molecule has 4 aliphatic rings. The number of hydrogen-bond acceptors (Lipinski definition) is 18. The predicted molar refractivity (Wildman–Crippen MR) is 452 cm³/mol. The minimum Gasteiger partial charge on any atom is -0.480 e. The SMILES string of the molecule is CC(=O)N1CCC[C@H]1C(=O)Nc1nc2ccc3cc(F)ccc3c2s1.CC(C)(C)OC(=O)N1CCC[C@H]1C(=O)Nc1nc2ccc3cc(F)ccc3c2s1.CC(C)(C)OC(=O)N1CCC[C@H]1C(=O)O.Nc1nc2ccc3cc(F)ccc3c2s1.O=C(Nc1nc2ccc3cc(F)ccc3c2s1)C1CCCC1.S.S.S.S. The molecule has 0 spiro atoms. The summed E-state index contributed by atoms with van der Waals surface area (Å²) in [5, 5.41) is 26.7. The van der Waals surface area contributed by atoms with Gasteiger partial charge in [0.05, 0.1) is 40.9 Å². The fourth-order valence-corrected chi connectivity index (χ4v) is 17.1. The lowest BCUT2D eigenvalue weighted by Crippen LogP contribution is -2.45. The van der Waals surface area contributed by atoms with Gasteiger partial charge in [-0.3, -0.25) is 29.0 Å². The van der Waals surface area contributed by atoms with Gasteiger partial charge in [0.2, 0.25) is 23.6 Å². The Balaban J connectivity index is 0.000000175. The number of nitrogens with zero attached hydrogens (tertiary/aromatic N) is 7. The van der Waals surface area contributed by atoms with Crippen LogP contribution in [0.25, 0.3) is 84.0 Å². The maximum absolute atomic E-state index is 13.5. The van der Waals surface area contributed by atoms with Gasteiger partial charge < -0.3 is 41.2 Å². The average molecular weight is 1660 g/mol. The van der Waals surface area contributed by atoms with Crippen LogP contribution in [-0.2, 0) is 33.4 Å². The van der Waals surface area contributed by atoms with E-state index in [0.717, 1.165) is 129 Å². The summed E-state index contributed by atoms with van der Waals surface area (Å²) >= 11 is 5.59. The number of rotatable bonds is 7. The highest BCUT2D eigenvalue weighted by atomic mass is 32.1. The second-order valence-corrected chi connectivity index (χ2v) is 32.1. The molecule has 0 unspecified atom stereocenters. The van der Waals surface area contributed by atoms with Crippen LogP contribution < -0.4 is 21.7 Å². The molecule has 4 fully saturated rings. The number of carbonyl (C=O) groups is 7. The van der Waals surface area contributed by atoms with Gasteiger partial charge in [0, 0.05) is 54.0 Å². The average Bonchev–Trinajstić information content (AvgIpc) is 1.63. The molecule has 6 N–H and O–H groups in total. The van der Waals surface area contributed by atoms with Gasteiger partial charge in [-0.2, -0.15) is 54.0 Å². The van der Waals surface area contributed by atoms with Crippen molar-refractivity contribution in [3.63, 3.8) is 0 Å². The molecule has 3 saturated heterocycles. The normalized spacial score (nSPS) is 16.1. The number of anilines is 4. The van der Waals surface area contributed by atoms with E-state index in [1.807, 2.05) is 48.5 Å². The van der Waals surface area contributed by atoms with E-state index >= 15 is 0 Å². The number of nitrogen functional groups attached to an aromatic ring is 1. The fraction of sp³-hybridized carbons (Fsp3) is 0.338. The van der Waals surface area contributed by atoms with Crippen molar-refractivity contribution in [2.24, 2.45) is 5.92 Å². The van der Waals surface area contributed by atoms with Crippen LogP contribution in [0.1, 0.15) is 113 Å². The molecule has 0 radical (unpaired) electrons. The molecule has 4 aromatic heterocycles. The molecule has 6 amide bonds. The number of likely N-dealkylation sites (tertiary alicyclic amines) is 3. The number of amides is 6. The smallest absolute Gasteiger partial charge is 0.411 e. The van der Waals surface area contributed by atoms with Crippen LogP contribution in [0, 0.1) is 29.2 Å². The third kappa shape index (κ3) is 20.8. The molecule has 3 atom stereocenters. The Morgan fingerprint density at radius 3 is 1.08 bits per heavy atom. The highest BCUT2D eigenvalue weighted by Gasteiger charge is 2.39. The second kappa shape index (κ2) is 37.0. The van der Waals surface area contributed by atoms with E-state index in [1.165, 1.54) is 111 Å². The minimum atomic E-state index is -0.960. The molecular weight excluding hydrogens is 1570 g/mol. The Hall–Kier alpha value is -8.83. The number of nitrogens with two attached hydrogens (primary N) is 1. The van der Waals surface area contributed by atoms with Crippen LogP contribution in [0.2, 0.25) is 0 Å². The summed E-state index contributed by atoms with van der Waals surface area (Å²) in [6, 6.07) is 31.7. The van der Waals surface area contributed by atoms with Crippen LogP contribution in [0.5, 0.6) is 0 Å². The van der Waals surface area contributed by atoms with Crippen molar-refractivity contribution in [3.8, 4) is 0 Å². The number of hydrogen-bond donors (Lipinski definition) is 5. The zero-order valence-corrected chi connectivity index (χ0v) is 68.3. The number of aromatic nitrogens is 4. The van der Waals surface area contributed by atoms with Crippen molar-refractivity contribution in [1.82, 2.24) is 34.6 Å². The molecule has 1 aliphatic carbocycles. The Morgan fingerprint density at radius 2 is 0.736 bits per heavy atom. The van der Waals surface area contributed by atoms with E-state index in [0.29, 0.717) is 59.4 Å². The van der Waals surface area contributed by atoms with E-state index in [9.17, 15) is 51.1 Å². The van der Waals surface area contributed by atoms with E-state index in [4.69, 9.17) is 20.3 Å². The summed E-state index contributed by atoms with van der Waals surface area (Å²) in [5.41, 5.74) is 7.65. The number of halogens is 4. The van der Waals surface area contributed by atoms with Gasteiger partial charge in [-0.15, -0.1) is 0 Å². The standard InChI is InChI=1S/C21H22FN3O3S.C18H16FN3O2S.C17H15FN2OS.C11H7FN2S.C10H17NO4.4H2S/c1-21(2,3)28-20(27)25-10-4-5-16(25)18(26)24-19-23-15-9-6-12-11-13(22)7-8-14(12)17(15)29-19;1-10(23)22-8-2-3-15(22)17(24)21-18-20-14-7-4-11-9-12(19)5-6-13(11)16(14)25-18;18-12-6-7-13-11(9-12)5-8-14-15(13)22-17(19-14)20-16(21)10-3-1-2-4-10;12-7-2-3-8-6(5-7)1-4-9-10(8)15-11(13)14-9;1-10(2,3)15-9(14)11-6-4-5-7(11)8(12)13;;;;/h6-9,11,16H,4-5,10H2,1-3H3,(H,23,24,26);4-7,9,15H,2-3,8H2,1H3,(H,20,21,24);5-10H,1-4H2,(H,19,20,21);1-5H,(H2,13,14);7H,4-6H2,1-3H3,(H,12,13);4*1H2/t16-;15-;;;7-;;;;/m00..0..../s1. The van der Waals surface area contributed by atoms with Crippen molar-refractivity contribution < 1.29 is 65.7 Å². The first-order valence-electron chi connectivity index (χ1n) is 34.6. The van der Waals surface area contributed by atoms with Gasteiger partial charge in [0.1, 0.15) is 52.6 Å². The lowest BCUT2D eigenvalue weighted by atomic mass is 10.1. The van der Waals surface area contributed by atoms with Crippen molar-refractivity contribution >= 4 is 246 Å². The molecule has 0 bridgehead atoms. The summed E-state index contributed by atoms with van der Waals surface area (Å²) in [7, 11) is 0. The van der Waals surface area contributed by atoms with E-state index in [2.05, 4.69) is 35.9 Å². The molecule has 33 heteroatoms. The predicted octanol–water partition coefficient (Wildman–Crippen LogP) is 18.3. The number of thiazole rings is 4. The van der Waals surface area contributed by atoms with E-state index in [1.54, 1.807) is 70.7 Å². The lowest BCUT2D eigenvalue weighted by Gasteiger charge is -2.27. The van der Waals surface area contributed by atoms with Crippen LogP contribution in [0.3, 0.4) is 0 Å². The summed E-state index contributed by atoms with van der Waals surface area (Å²) in [6.45, 7) is 13.7. The molecule has 1 saturated carbocycles. The van der Waals surface area contributed by atoms with Gasteiger partial charge in [-0.25, -0.2) is 51.9 Å². The molecule has 16 rings (SSSR count). The molecule has 12 aromatic rings. The highest BCUT2D eigenvalue weighted by Crippen LogP contribution is 2.39. The van der Waals surface area contributed by atoms with Gasteiger partial charge in [-0.05, 0) is 212 Å². The number of benzene rings is 8. The van der Waals surface area contributed by atoms with Gasteiger partial charge in [0.15, 0.2) is 20.5 Å². The number of nitrogens with one attached hydrogen (secondary N) is 3. The zero-order chi connectivity index (χ0) is 75.5. The number of aliphatic carboxylic acids is 1. The van der Waals surface area contributed by atoms with Gasteiger partial charge in [-0.1, -0.05) is 82.5 Å². The Bertz CT molecular complexity index is 5400. The Morgan fingerprint density at radius 1 is 0.427 bits per heavy atom. The monoisotopic (exact) mass is 1660 g/mol. The highest BCUT2D eigenvalue weighted by molar-refractivity contribution is 7.59. The molecule has 3 aliphatic heterocycles. The van der Waals surface area contributed by atoms with Crippen molar-refractivity contribution in [2.45, 2.75) is 142 Å². The maximum atomic E-state index is 13.5. The van der Waals surface area contributed by atoms with Crippen molar-refractivity contribution in [2.75, 3.05) is 41.3 Å². The van der Waals surface area contributed by atoms with Crippen molar-refractivity contribution in [1.29, 1.82) is 0 Å². The molecule has 7 heterocycles. The van der Waals surface area contributed by atoms with Crippen LogP contribution in [-0.4, -0.2) is 130 Å². The first kappa shape index (κ1) is 86.8. The molecular formula is C77H85F4N11O10S8. The van der Waals surface area contributed by atoms with Gasteiger partial charge >= 0.3 is 18.2 Å². The van der Waals surface area contributed by atoms with Crippen LogP contribution >= 0.6 is 99.3 Å². The number of carboxylic acids is 1. The Kier molecular flexibility index (Phi) is 29.2. The second-order valence-electron chi connectivity index (χ2n) is 28.0. The summed E-state index contributed by atoms with van der Waals surface area (Å²) in [4.78, 5) is 106. The third-order valence-corrected chi connectivity index (χ3v) is 22.1. The largest absolute Gasteiger partial charge is 0.480 e. The Labute approximate surface area is 674 Å². The van der Waals surface area contributed by atoms with Gasteiger partial charge in [0.25, 0.3) is 0 Å². The summed E-state index contributed by atoms with van der Waals surface area (Å²) < 4.78 is 67.5. The quantitative estimate of drug-likeness (QED) is 0.0928. The van der Waals surface area contributed by atoms with Crippen molar-refractivity contribution in [3.05, 3.63) is 145 Å². The van der Waals surface area contributed by atoms with Crippen LogP contribution in [0.4, 0.5) is 47.7 Å². The summed E-state index contributed by atoms with van der Waals surface area (Å²) in [5.74, 6) is -2.37. The van der Waals surface area contributed by atoms with Crippen LogP contribution in [0.15, 0.2) is 121 Å².